The minimum Gasteiger partial charge on any atom is -0.378 e. The normalized spacial score (nSPS) is 10.8. The number of hydrogen-bond acceptors (Lipinski definition) is 4. The van der Waals surface area contributed by atoms with Crippen molar-refractivity contribution in [1.29, 1.82) is 0 Å². The molecule has 7 nitrogen and oxygen atoms in total. The number of nitrogens with zero attached hydrogens (tertiary/aromatic N) is 1. The Kier molecular flexibility index (Phi) is 6.41. The van der Waals surface area contributed by atoms with Crippen LogP contribution in [0.2, 0.25) is 0 Å². The van der Waals surface area contributed by atoms with E-state index in [1.54, 1.807) is 50.2 Å². The highest BCUT2D eigenvalue weighted by molar-refractivity contribution is 6.14. The highest BCUT2D eigenvalue weighted by Gasteiger charge is 2.36. The van der Waals surface area contributed by atoms with Crippen LogP contribution in [0.25, 0.3) is 0 Å². The fourth-order valence-corrected chi connectivity index (χ4v) is 2.40. The zero-order chi connectivity index (χ0) is 20.9. The zero-order valence-electron chi connectivity index (χ0n) is 16.8. The minimum atomic E-state index is -1.30. The minimum absolute atomic E-state index is 0.205. The molecule has 2 aromatic rings. The van der Waals surface area contributed by atoms with Crippen molar-refractivity contribution in [2.75, 3.05) is 34.9 Å². The number of rotatable bonds is 6. The van der Waals surface area contributed by atoms with Gasteiger partial charge in [0, 0.05) is 43.8 Å². The van der Waals surface area contributed by atoms with Crippen LogP contribution < -0.4 is 20.9 Å². The molecule has 148 valence electrons. The van der Waals surface area contributed by atoms with Crippen molar-refractivity contribution in [1.82, 2.24) is 0 Å². The molecule has 0 aromatic heterocycles. The molecule has 0 saturated carbocycles. The van der Waals surface area contributed by atoms with E-state index in [9.17, 15) is 14.4 Å². The molecule has 7 heteroatoms. The first-order valence-corrected chi connectivity index (χ1v) is 8.87. The second-order valence-electron chi connectivity index (χ2n) is 7.24. The lowest BCUT2D eigenvalue weighted by atomic mass is 9.90. The average Bonchev–Trinajstić information content (AvgIpc) is 2.61. The lowest BCUT2D eigenvalue weighted by Gasteiger charge is -2.23. The Morgan fingerprint density at radius 1 is 0.786 bits per heavy atom. The molecule has 2 rings (SSSR count). The van der Waals surface area contributed by atoms with Gasteiger partial charge < -0.3 is 20.9 Å². The molecule has 0 radical (unpaired) electrons. The van der Waals surface area contributed by atoms with Crippen LogP contribution in [0.1, 0.15) is 20.8 Å². The van der Waals surface area contributed by atoms with Crippen LogP contribution in [0, 0.1) is 5.41 Å². The fourth-order valence-electron chi connectivity index (χ4n) is 2.40. The molecule has 0 aliphatic heterocycles. The van der Waals surface area contributed by atoms with Gasteiger partial charge in [0.05, 0.1) is 0 Å². The molecule has 0 fully saturated rings. The fraction of sp³-hybridized carbons (Fsp3) is 0.286. The predicted octanol–water partition coefficient (Wildman–Crippen LogP) is 3.31. The molecule has 0 spiro atoms. The van der Waals surface area contributed by atoms with Gasteiger partial charge in [-0.3, -0.25) is 14.4 Å². The Morgan fingerprint density at radius 2 is 1.29 bits per heavy atom. The van der Waals surface area contributed by atoms with Gasteiger partial charge in [-0.1, -0.05) is 6.07 Å². The van der Waals surface area contributed by atoms with Crippen LogP contribution in [-0.4, -0.2) is 31.8 Å². The zero-order valence-corrected chi connectivity index (χ0v) is 16.8. The third-order valence-electron chi connectivity index (χ3n) is 4.22. The molecule has 28 heavy (non-hydrogen) atoms. The SMILES string of the molecule is CC(=O)Nc1cccc(NC(=O)C(C)(C)C(=O)Nc2ccc(N(C)C)cc2)c1. The van der Waals surface area contributed by atoms with Crippen LogP contribution in [0.15, 0.2) is 48.5 Å². The molecule has 0 bridgehead atoms. The van der Waals surface area contributed by atoms with Gasteiger partial charge in [0.1, 0.15) is 5.41 Å². The van der Waals surface area contributed by atoms with Gasteiger partial charge in [-0.15, -0.1) is 0 Å². The van der Waals surface area contributed by atoms with Gasteiger partial charge in [-0.05, 0) is 56.3 Å². The lowest BCUT2D eigenvalue weighted by molar-refractivity contribution is -0.135. The molecule has 3 N–H and O–H groups in total. The van der Waals surface area contributed by atoms with Crippen molar-refractivity contribution in [2.45, 2.75) is 20.8 Å². The van der Waals surface area contributed by atoms with E-state index in [1.807, 2.05) is 31.1 Å². The van der Waals surface area contributed by atoms with Gasteiger partial charge in [-0.2, -0.15) is 0 Å². The number of benzene rings is 2. The summed E-state index contributed by atoms with van der Waals surface area (Å²) in [5.74, 6) is -1.07. The summed E-state index contributed by atoms with van der Waals surface area (Å²) in [4.78, 5) is 38.5. The average molecular weight is 382 g/mol. The van der Waals surface area contributed by atoms with Crippen LogP contribution in [0.5, 0.6) is 0 Å². The molecular formula is C21H26N4O3. The van der Waals surface area contributed by atoms with Gasteiger partial charge in [-0.25, -0.2) is 0 Å². The van der Waals surface area contributed by atoms with E-state index in [2.05, 4.69) is 16.0 Å². The van der Waals surface area contributed by atoms with Crippen molar-refractivity contribution in [2.24, 2.45) is 5.41 Å². The number of carbonyl (C=O) groups is 3. The summed E-state index contributed by atoms with van der Waals surface area (Å²) in [7, 11) is 3.87. The number of nitrogens with one attached hydrogen (secondary N) is 3. The van der Waals surface area contributed by atoms with E-state index in [4.69, 9.17) is 0 Å². The highest BCUT2D eigenvalue weighted by Crippen LogP contribution is 2.24. The first-order valence-electron chi connectivity index (χ1n) is 8.87. The van der Waals surface area contributed by atoms with Crippen LogP contribution >= 0.6 is 0 Å². The van der Waals surface area contributed by atoms with E-state index in [-0.39, 0.29) is 5.91 Å². The molecule has 0 atom stereocenters. The maximum Gasteiger partial charge on any atom is 0.239 e. The Hall–Kier alpha value is -3.35. The van der Waals surface area contributed by atoms with Crippen LogP contribution in [0.3, 0.4) is 0 Å². The van der Waals surface area contributed by atoms with Crippen LogP contribution in [0.4, 0.5) is 22.7 Å². The molecule has 0 unspecified atom stereocenters. The van der Waals surface area contributed by atoms with E-state index in [0.717, 1.165) is 5.69 Å². The van der Waals surface area contributed by atoms with Gasteiger partial charge in [0.25, 0.3) is 0 Å². The van der Waals surface area contributed by atoms with E-state index in [1.165, 1.54) is 6.92 Å². The molecule has 0 aliphatic rings. The molecule has 0 heterocycles. The topological polar surface area (TPSA) is 90.5 Å². The molecule has 0 saturated heterocycles. The Bertz CT molecular complexity index is 873. The van der Waals surface area contributed by atoms with Crippen molar-refractivity contribution in [3.05, 3.63) is 48.5 Å². The quantitative estimate of drug-likeness (QED) is 0.669. The second-order valence-corrected chi connectivity index (χ2v) is 7.24. The van der Waals surface area contributed by atoms with Gasteiger partial charge in [0.15, 0.2) is 0 Å². The lowest BCUT2D eigenvalue weighted by Crippen LogP contribution is -2.41. The summed E-state index contributed by atoms with van der Waals surface area (Å²) in [6.07, 6.45) is 0. The smallest absolute Gasteiger partial charge is 0.239 e. The molecule has 2 aromatic carbocycles. The summed E-state index contributed by atoms with van der Waals surface area (Å²) in [6, 6.07) is 14.1. The Labute approximate surface area is 165 Å². The Morgan fingerprint density at radius 3 is 1.79 bits per heavy atom. The number of carbonyl (C=O) groups excluding carboxylic acids is 3. The maximum absolute atomic E-state index is 12.7. The maximum atomic E-state index is 12.7. The summed E-state index contributed by atoms with van der Waals surface area (Å²) < 4.78 is 0. The first kappa shape index (κ1) is 21.0. The second kappa shape index (κ2) is 8.56. The predicted molar refractivity (Wildman–Crippen MR) is 113 cm³/mol. The standard InChI is InChI=1S/C21H26N4O3/c1-14(26)22-16-7-6-8-17(13-16)24-20(28)21(2,3)19(27)23-15-9-11-18(12-10-15)25(4)5/h6-13H,1-5H3,(H,22,26)(H,23,27)(H,24,28). The summed E-state index contributed by atoms with van der Waals surface area (Å²) in [6.45, 7) is 4.52. The van der Waals surface area contributed by atoms with E-state index in [0.29, 0.717) is 17.1 Å². The summed E-state index contributed by atoms with van der Waals surface area (Å²) >= 11 is 0. The molecule has 3 amide bonds. The molecule has 0 aliphatic carbocycles. The van der Waals surface area contributed by atoms with Crippen molar-refractivity contribution in [3.63, 3.8) is 0 Å². The number of anilines is 4. The molecular weight excluding hydrogens is 356 g/mol. The number of amides is 3. The highest BCUT2D eigenvalue weighted by atomic mass is 16.2. The monoisotopic (exact) mass is 382 g/mol. The van der Waals surface area contributed by atoms with E-state index < -0.39 is 17.2 Å². The Balaban J connectivity index is 2.06. The number of hydrogen-bond donors (Lipinski definition) is 3. The van der Waals surface area contributed by atoms with Crippen molar-refractivity contribution >= 4 is 40.5 Å². The van der Waals surface area contributed by atoms with E-state index >= 15 is 0 Å². The third-order valence-corrected chi connectivity index (χ3v) is 4.22. The van der Waals surface area contributed by atoms with Crippen LogP contribution in [-0.2, 0) is 14.4 Å². The van der Waals surface area contributed by atoms with Crippen molar-refractivity contribution in [3.8, 4) is 0 Å². The van der Waals surface area contributed by atoms with Gasteiger partial charge in [0.2, 0.25) is 17.7 Å². The summed E-state index contributed by atoms with van der Waals surface area (Å²) in [5, 5.41) is 8.16. The first-order chi connectivity index (χ1) is 13.1. The summed E-state index contributed by atoms with van der Waals surface area (Å²) in [5.41, 5.74) is 1.38. The van der Waals surface area contributed by atoms with Crippen molar-refractivity contribution < 1.29 is 14.4 Å². The largest absolute Gasteiger partial charge is 0.378 e. The van der Waals surface area contributed by atoms with Gasteiger partial charge >= 0.3 is 0 Å². The third kappa shape index (κ3) is 5.33.